The molecule has 1 aliphatic heterocycles. The van der Waals surface area contributed by atoms with Crippen LogP contribution in [0.5, 0.6) is 5.75 Å². The normalized spacial score (nSPS) is 16.5. The van der Waals surface area contributed by atoms with Crippen molar-refractivity contribution in [3.63, 3.8) is 0 Å². The van der Waals surface area contributed by atoms with Gasteiger partial charge >= 0.3 is 0 Å². The minimum absolute atomic E-state index is 0.0518. The molecule has 2 aromatic carbocycles. The van der Waals surface area contributed by atoms with Crippen LogP contribution in [0.4, 0.5) is 5.69 Å². The van der Waals surface area contributed by atoms with Gasteiger partial charge in [0.05, 0.1) is 13.0 Å². The second kappa shape index (κ2) is 9.37. The molecule has 1 fully saturated rings. The molecule has 6 heteroatoms. The quantitative estimate of drug-likeness (QED) is 0.833. The molecule has 6 nitrogen and oxygen atoms in total. The van der Waals surface area contributed by atoms with E-state index in [0.29, 0.717) is 13.1 Å². The Morgan fingerprint density at radius 2 is 1.89 bits per heavy atom. The molecule has 1 atom stereocenters. The molecule has 0 saturated carbocycles. The van der Waals surface area contributed by atoms with Crippen molar-refractivity contribution in [2.45, 2.75) is 12.8 Å². The number of nitrogens with zero attached hydrogens (tertiary/aromatic N) is 1. The van der Waals surface area contributed by atoms with E-state index in [-0.39, 0.29) is 24.3 Å². The largest absolute Gasteiger partial charge is 0.497 e. The predicted molar refractivity (Wildman–Crippen MR) is 108 cm³/mol. The highest BCUT2D eigenvalue weighted by atomic mass is 16.5. The molecule has 28 heavy (non-hydrogen) atoms. The van der Waals surface area contributed by atoms with Crippen LogP contribution in [0.2, 0.25) is 0 Å². The monoisotopic (exact) mass is 382 g/mol. The van der Waals surface area contributed by atoms with E-state index in [9.17, 15) is 9.59 Å². The van der Waals surface area contributed by atoms with Gasteiger partial charge in [-0.05, 0) is 48.2 Å². The zero-order chi connectivity index (χ0) is 19.9. The summed E-state index contributed by atoms with van der Waals surface area (Å²) in [4.78, 5) is 26.3. The number of amides is 2. The summed E-state index contributed by atoms with van der Waals surface area (Å²) in [6.07, 6.45) is 1.60. The van der Waals surface area contributed by atoms with Crippen molar-refractivity contribution in [2.24, 2.45) is 5.92 Å². The van der Waals surface area contributed by atoms with Crippen LogP contribution >= 0.6 is 0 Å². The molecular weight excluding hydrogens is 356 g/mol. The summed E-state index contributed by atoms with van der Waals surface area (Å²) in [5.74, 6) is 0.485. The fourth-order valence-corrected chi connectivity index (χ4v) is 3.43. The van der Waals surface area contributed by atoms with Gasteiger partial charge in [-0.2, -0.15) is 0 Å². The molecule has 0 unspecified atom stereocenters. The molecule has 0 aliphatic carbocycles. The van der Waals surface area contributed by atoms with E-state index < -0.39 is 0 Å². The van der Waals surface area contributed by atoms with Gasteiger partial charge in [0, 0.05) is 25.9 Å². The van der Waals surface area contributed by atoms with Crippen molar-refractivity contribution >= 4 is 17.5 Å². The van der Waals surface area contributed by atoms with Crippen molar-refractivity contribution in [3.8, 4) is 16.9 Å². The lowest BCUT2D eigenvalue weighted by Gasteiger charge is -2.31. The summed E-state index contributed by atoms with van der Waals surface area (Å²) in [5, 5.41) is 2.97. The maximum atomic E-state index is 12.6. The molecule has 1 N–H and O–H groups in total. The fourth-order valence-electron chi connectivity index (χ4n) is 3.43. The Bertz CT molecular complexity index is 820. The van der Waals surface area contributed by atoms with Crippen LogP contribution in [-0.4, -0.2) is 50.6 Å². The van der Waals surface area contributed by atoms with E-state index in [1.54, 1.807) is 12.0 Å². The Morgan fingerprint density at radius 1 is 1.11 bits per heavy atom. The molecule has 1 aliphatic rings. The number of benzene rings is 2. The average Bonchev–Trinajstić information content (AvgIpc) is 2.74. The Balaban J connectivity index is 1.62. The van der Waals surface area contributed by atoms with E-state index in [2.05, 4.69) is 5.32 Å². The topological polar surface area (TPSA) is 67.9 Å². The van der Waals surface area contributed by atoms with Gasteiger partial charge in [-0.25, -0.2) is 0 Å². The summed E-state index contributed by atoms with van der Waals surface area (Å²) < 4.78 is 10.2. The van der Waals surface area contributed by atoms with Gasteiger partial charge in [0.2, 0.25) is 11.8 Å². The first-order chi connectivity index (χ1) is 13.6. The summed E-state index contributed by atoms with van der Waals surface area (Å²) in [5.41, 5.74) is 2.85. The van der Waals surface area contributed by atoms with Gasteiger partial charge in [-0.3, -0.25) is 9.59 Å². The molecule has 3 rings (SSSR count). The van der Waals surface area contributed by atoms with E-state index in [0.717, 1.165) is 35.4 Å². The van der Waals surface area contributed by atoms with Gasteiger partial charge < -0.3 is 19.7 Å². The second-order valence-electron chi connectivity index (χ2n) is 6.91. The third kappa shape index (κ3) is 4.89. The number of methoxy groups -OCH3 is 2. The molecule has 2 amide bonds. The number of piperidine rings is 1. The Hall–Kier alpha value is -2.86. The maximum Gasteiger partial charge on any atom is 0.248 e. The minimum atomic E-state index is -0.201. The summed E-state index contributed by atoms with van der Waals surface area (Å²) >= 11 is 0. The minimum Gasteiger partial charge on any atom is -0.497 e. The van der Waals surface area contributed by atoms with Gasteiger partial charge in [0.25, 0.3) is 0 Å². The zero-order valence-corrected chi connectivity index (χ0v) is 16.3. The molecule has 1 heterocycles. The van der Waals surface area contributed by atoms with Gasteiger partial charge in [-0.15, -0.1) is 0 Å². The van der Waals surface area contributed by atoms with Crippen LogP contribution in [0.25, 0.3) is 11.1 Å². The first-order valence-electron chi connectivity index (χ1n) is 9.43. The number of hydrogen-bond acceptors (Lipinski definition) is 4. The highest BCUT2D eigenvalue weighted by Crippen LogP contribution is 2.25. The number of nitrogens with one attached hydrogen (secondary N) is 1. The second-order valence-corrected chi connectivity index (χ2v) is 6.91. The summed E-state index contributed by atoms with van der Waals surface area (Å²) in [7, 11) is 3.15. The smallest absolute Gasteiger partial charge is 0.248 e. The lowest BCUT2D eigenvalue weighted by atomic mass is 9.97. The van der Waals surface area contributed by atoms with Crippen LogP contribution in [-0.2, 0) is 14.3 Å². The van der Waals surface area contributed by atoms with Gasteiger partial charge in [0.1, 0.15) is 12.4 Å². The molecular formula is C22H26N2O4. The lowest BCUT2D eigenvalue weighted by molar-refractivity contribution is -0.138. The summed E-state index contributed by atoms with van der Waals surface area (Å²) in [6, 6.07) is 15.6. The highest BCUT2D eigenvalue weighted by molar-refractivity contribution is 5.93. The number of anilines is 1. The van der Waals surface area contributed by atoms with E-state index in [4.69, 9.17) is 9.47 Å². The first-order valence-corrected chi connectivity index (χ1v) is 9.43. The first kappa shape index (κ1) is 19.9. The number of hydrogen-bond donors (Lipinski definition) is 1. The Labute approximate surface area is 165 Å². The highest BCUT2D eigenvalue weighted by Gasteiger charge is 2.28. The van der Waals surface area contributed by atoms with Crippen molar-refractivity contribution in [2.75, 3.05) is 39.2 Å². The van der Waals surface area contributed by atoms with Crippen molar-refractivity contribution < 1.29 is 19.1 Å². The van der Waals surface area contributed by atoms with Crippen LogP contribution < -0.4 is 10.1 Å². The van der Waals surface area contributed by atoms with Gasteiger partial charge in [0.15, 0.2) is 0 Å². The molecule has 0 radical (unpaired) electrons. The number of likely N-dealkylation sites (tertiary alicyclic amines) is 1. The Morgan fingerprint density at radius 3 is 2.61 bits per heavy atom. The van der Waals surface area contributed by atoms with Crippen molar-refractivity contribution in [1.29, 1.82) is 0 Å². The predicted octanol–water partition coefficient (Wildman–Crippen LogP) is 3.19. The number of rotatable bonds is 6. The van der Waals surface area contributed by atoms with E-state index >= 15 is 0 Å². The molecule has 1 saturated heterocycles. The third-order valence-electron chi connectivity index (χ3n) is 4.97. The van der Waals surface area contributed by atoms with Crippen LogP contribution in [0.1, 0.15) is 12.8 Å². The number of ether oxygens (including phenoxy) is 2. The Kier molecular flexibility index (Phi) is 6.66. The van der Waals surface area contributed by atoms with E-state index in [1.165, 1.54) is 7.11 Å². The summed E-state index contributed by atoms with van der Waals surface area (Å²) in [6.45, 7) is 1.18. The number of carbonyl (C=O) groups excluding carboxylic acids is 2. The third-order valence-corrected chi connectivity index (χ3v) is 4.97. The lowest BCUT2D eigenvalue weighted by Crippen LogP contribution is -2.45. The van der Waals surface area contributed by atoms with E-state index in [1.807, 2.05) is 48.5 Å². The average molecular weight is 382 g/mol. The molecule has 2 aromatic rings. The fraction of sp³-hybridized carbons (Fsp3) is 0.364. The SMILES string of the molecule is COCC(=O)N1CCC[C@@H](C(=O)Nc2ccc(-c3cccc(OC)c3)cc2)C1. The molecule has 0 aromatic heterocycles. The van der Waals surface area contributed by atoms with Gasteiger partial charge in [-0.1, -0.05) is 24.3 Å². The van der Waals surface area contributed by atoms with Crippen molar-refractivity contribution in [3.05, 3.63) is 48.5 Å². The molecule has 0 spiro atoms. The van der Waals surface area contributed by atoms with Crippen molar-refractivity contribution in [1.82, 2.24) is 4.90 Å². The van der Waals surface area contributed by atoms with Crippen LogP contribution in [0, 0.1) is 5.92 Å². The van der Waals surface area contributed by atoms with Crippen LogP contribution in [0.15, 0.2) is 48.5 Å². The van der Waals surface area contributed by atoms with Crippen LogP contribution in [0.3, 0.4) is 0 Å². The standard InChI is InChI=1S/C22H26N2O4/c1-27-15-21(25)24-12-4-6-18(14-24)22(26)23-19-10-8-16(9-11-19)17-5-3-7-20(13-17)28-2/h3,5,7-11,13,18H,4,6,12,14-15H2,1-2H3,(H,23,26)/t18-/m1/s1. The number of carbonyl (C=O) groups is 2. The molecule has 0 bridgehead atoms. The maximum absolute atomic E-state index is 12.6. The molecule has 148 valence electrons. The zero-order valence-electron chi connectivity index (χ0n) is 16.3.